The molecular weight excluding hydrogens is 420 g/mol. The van der Waals surface area contributed by atoms with Gasteiger partial charge in [-0.15, -0.1) is 0 Å². The van der Waals surface area contributed by atoms with Gasteiger partial charge < -0.3 is 4.74 Å². The van der Waals surface area contributed by atoms with Crippen LogP contribution < -0.4 is 0 Å². The molecule has 0 heterocycles. The minimum Gasteiger partial charge on any atom is -0.459 e. The summed E-state index contributed by atoms with van der Waals surface area (Å²) in [5, 5.41) is 0. The molecule has 2 aromatic carbocycles. The molecule has 0 aromatic heterocycles. The molecule has 3 rings (SSSR count). The van der Waals surface area contributed by atoms with Crippen molar-refractivity contribution in [1.29, 1.82) is 0 Å². The third-order valence-corrected chi connectivity index (χ3v) is 5.22. The lowest BCUT2D eigenvalue weighted by Gasteiger charge is -2.31. The highest BCUT2D eigenvalue weighted by Gasteiger charge is 2.57. The molecule has 0 radical (unpaired) electrons. The Morgan fingerprint density at radius 3 is 2.36 bits per heavy atom. The Kier molecular flexibility index (Phi) is 5.15. The van der Waals surface area contributed by atoms with E-state index in [9.17, 15) is 14.4 Å². The molecule has 0 amide bonds. The summed E-state index contributed by atoms with van der Waals surface area (Å²) < 4.78 is 6.37. The van der Waals surface area contributed by atoms with Gasteiger partial charge in [0.1, 0.15) is 5.60 Å². The predicted molar refractivity (Wildman–Crippen MR) is 110 cm³/mol. The monoisotopic (exact) mass is 440 g/mol. The number of esters is 1. The van der Waals surface area contributed by atoms with E-state index in [-0.39, 0.29) is 12.0 Å². The summed E-state index contributed by atoms with van der Waals surface area (Å²) in [5.74, 6) is -1.63. The van der Waals surface area contributed by atoms with Gasteiger partial charge in [-0.05, 0) is 44.5 Å². The van der Waals surface area contributed by atoms with E-state index in [1.165, 1.54) is 0 Å². The average molecular weight is 441 g/mol. The van der Waals surface area contributed by atoms with Crippen molar-refractivity contribution >= 4 is 33.5 Å². The van der Waals surface area contributed by atoms with E-state index < -0.39 is 28.6 Å². The lowest BCUT2D eigenvalue weighted by Crippen LogP contribution is -2.45. The summed E-state index contributed by atoms with van der Waals surface area (Å²) in [6.45, 7) is 9.09. The molecule has 0 saturated carbocycles. The topological polar surface area (TPSA) is 60.4 Å². The molecule has 0 bridgehead atoms. The highest BCUT2D eigenvalue weighted by Crippen LogP contribution is 2.45. The van der Waals surface area contributed by atoms with Gasteiger partial charge in [0, 0.05) is 27.6 Å². The summed E-state index contributed by atoms with van der Waals surface area (Å²) in [6.07, 6.45) is 0.0485. The van der Waals surface area contributed by atoms with E-state index in [1.54, 1.807) is 69.3 Å². The molecule has 2 aromatic rings. The Hall–Kier alpha value is -2.53. The first-order valence-electron chi connectivity index (χ1n) is 8.92. The second-order valence-electron chi connectivity index (χ2n) is 7.89. The van der Waals surface area contributed by atoms with Crippen LogP contribution in [0.3, 0.4) is 0 Å². The molecule has 5 heteroatoms. The lowest BCUT2D eigenvalue weighted by molar-refractivity contribution is -0.162. The number of carbonyl (C=O) groups is 3. The van der Waals surface area contributed by atoms with Crippen LogP contribution in [0, 0.1) is 5.41 Å². The summed E-state index contributed by atoms with van der Waals surface area (Å²) in [5.41, 5.74) is -1.16. The van der Waals surface area contributed by atoms with Crippen LogP contribution in [0.15, 0.2) is 65.2 Å². The molecule has 0 N–H and O–H groups in total. The van der Waals surface area contributed by atoms with Crippen molar-refractivity contribution in [1.82, 2.24) is 0 Å². The Bertz CT molecular complexity index is 985. The van der Waals surface area contributed by atoms with Crippen LogP contribution in [-0.2, 0) is 16.0 Å². The molecule has 0 fully saturated rings. The number of benzene rings is 2. The van der Waals surface area contributed by atoms with Gasteiger partial charge >= 0.3 is 5.97 Å². The van der Waals surface area contributed by atoms with Crippen LogP contribution in [0.2, 0.25) is 0 Å². The van der Waals surface area contributed by atoms with Crippen molar-refractivity contribution in [3.8, 4) is 0 Å². The fraction of sp³-hybridized carbons (Fsp3) is 0.261. The van der Waals surface area contributed by atoms with Crippen molar-refractivity contribution < 1.29 is 19.1 Å². The van der Waals surface area contributed by atoms with Crippen molar-refractivity contribution in [2.24, 2.45) is 5.41 Å². The lowest BCUT2D eigenvalue weighted by atomic mass is 9.74. The van der Waals surface area contributed by atoms with Gasteiger partial charge in [0.25, 0.3) is 0 Å². The first-order valence-corrected chi connectivity index (χ1v) is 9.71. The first kappa shape index (κ1) is 20.2. The molecule has 0 spiro atoms. The first-order chi connectivity index (χ1) is 13.1. The molecule has 4 nitrogen and oxygen atoms in total. The standard InChI is InChI=1S/C23H21BrO4/c1-14(19(25)15-8-6-5-7-9-15)23(21(27)28-22(2,3)4)13-16-12-17(24)10-11-18(16)20(23)26/h5-12H,1,13H2,2-4H3/t23-/m0/s1. The maximum atomic E-state index is 13.4. The third-order valence-electron chi connectivity index (χ3n) is 4.73. The number of fused-ring (bicyclic) bond motifs is 1. The zero-order valence-corrected chi connectivity index (χ0v) is 17.6. The molecular formula is C23H21BrO4. The SMILES string of the molecule is C=C(C(=O)c1ccccc1)[C@@]1(C(=O)OC(C)(C)C)Cc2cc(Br)ccc2C1=O. The van der Waals surface area contributed by atoms with E-state index in [0.717, 1.165) is 4.47 Å². The molecule has 0 saturated heterocycles. The largest absolute Gasteiger partial charge is 0.459 e. The molecule has 144 valence electrons. The van der Waals surface area contributed by atoms with E-state index in [4.69, 9.17) is 4.74 Å². The van der Waals surface area contributed by atoms with Gasteiger partial charge in [-0.3, -0.25) is 14.4 Å². The van der Waals surface area contributed by atoms with E-state index in [1.807, 2.05) is 0 Å². The highest BCUT2D eigenvalue weighted by molar-refractivity contribution is 9.10. The van der Waals surface area contributed by atoms with Crippen LogP contribution in [-0.4, -0.2) is 23.1 Å². The number of hydrogen-bond acceptors (Lipinski definition) is 4. The number of ether oxygens (including phenoxy) is 1. The van der Waals surface area contributed by atoms with Crippen LogP contribution in [0.25, 0.3) is 0 Å². The van der Waals surface area contributed by atoms with Gasteiger partial charge in [0.2, 0.25) is 0 Å². The summed E-state index contributed by atoms with van der Waals surface area (Å²) in [6, 6.07) is 13.7. The molecule has 1 aliphatic carbocycles. The highest BCUT2D eigenvalue weighted by atomic mass is 79.9. The van der Waals surface area contributed by atoms with Gasteiger partial charge in [-0.2, -0.15) is 0 Å². The zero-order chi connectivity index (χ0) is 20.7. The van der Waals surface area contributed by atoms with Crippen molar-refractivity contribution in [3.05, 3.63) is 81.8 Å². The second-order valence-corrected chi connectivity index (χ2v) is 8.80. The zero-order valence-electron chi connectivity index (χ0n) is 16.0. The van der Waals surface area contributed by atoms with E-state index in [0.29, 0.717) is 16.7 Å². The predicted octanol–water partition coefficient (Wildman–Crippen LogP) is 4.96. The number of carbonyl (C=O) groups excluding carboxylic acids is 3. The molecule has 28 heavy (non-hydrogen) atoms. The van der Waals surface area contributed by atoms with Gasteiger partial charge in [0.05, 0.1) is 0 Å². The maximum absolute atomic E-state index is 13.4. The van der Waals surface area contributed by atoms with Crippen molar-refractivity contribution in [2.45, 2.75) is 32.8 Å². The fourth-order valence-corrected chi connectivity index (χ4v) is 3.79. The number of halogens is 1. The molecule has 0 unspecified atom stereocenters. The van der Waals surface area contributed by atoms with Crippen molar-refractivity contribution in [3.63, 3.8) is 0 Å². The number of rotatable bonds is 4. The Morgan fingerprint density at radius 1 is 1.11 bits per heavy atom. The minimum atomic E-state index is -1.76. The van der Waals surface area contributed by atoms with E-state index in [2.05, 4.69) is 22.5 Å². The quantitative estimate of drug-likeness (QED) is 0.292. The molecule has 1 aliphatic rings. The smallest absolute Gasteiger partial charge is 0.325 e. The average Bonchev–Trinajstić information content (AvgIpc) is 2.92. The number of Topliss-reactive ketones (excluding diaryl/α,β-unsaturated/α-hetero) is 2. The van der Waals surface area contributed by atoms with Gasteiger partial charge in [0.15, 0.2) is 17.0 Å². The summed E-state index contributed by atoms with van der Waals surface area (Å²) in [4.78, 5) is 39.8. The summed E-state index contributed by atoms with van der Waals surface area (Å²) >= 11 is 3.39. The number of ketones is 2. The van der Waals surface area contributed by atoms with Crippen LogP contribution in [0.4, 0.5) is 0 Å². The third kappa shape index (κ3) is 3.47. The van der Waals surface area contributed by atoms with Crippen LogP contribution >= 0.6 is 15.9 Å². The minimum absolute atomic E-state index is 0.0485. The maximum Gasteiger partial charge on any atom is 0.325 e. The Balaban J connectivity index is 2.12. The second kappa shape index (κ2) is 7.13. The van der Waals surface area contributed by atoms with Crippen LogP contribution in [0.1, 0.15) is 47.1 Å². The fourth-order valence-electron chi connectivity index (χ4n) is 3.38. The molecule has 1 atom stereocenters. The normalized spacial score (nSPS) is 18.5. The Labute approximate surface area is 172 Å². The Morgan fingerprint density at radius 2 is 1.75 bits per heavy atom. The van der Waals surface area contributed by atoms with E-state index >= 15 is 0 Å². The summed E-state index contributed by atoms with van der Waals surface area (Å²) in [7, 11) is 0. The van der Waals surface area contributed by atoms with Gasteiger partial charge in [-0.25, -0.2) is 0 Å². The van der Waals surface area contributed by atoms with Gasteiger partial charge in [-0.1, -0.05) is 52.8 Å². The van der Waals surface area contributed by atoms with Crippen molar-refractivity contribution in [2.75, 3.05) is 0 Å². The number of hydrogen-bond donors (Lipinski definition) is 0. The molecule has 0 aliphatic heterocycles. The van der Waals surface area contributed by atoms with Crippen LogP contribution in [0.5, 0.6) is 0 Å².